The number of rotatable bonds is 3. The van der Waals surface area contributed by atoms with Gasteiger partial charge in [-0.25, -0.2) is 0 Å². The van der Waals surface area contributed by atoms with Gasteiger partial charge < -0.3 is 15.0 Å². The van der Waals surface area contributed by atoms with Gasteiger partial charge in [0, 0.05) is 17.7 Å². The van der Waals surface area contributed by atoms with Gasteiger partial charge >= 0.3 is 0 Å². The molecular formula is C17H18N2O3. The second kappa shape index (κ2) is 5.67. The van der Waals surface area contributed by atoms with Crippen molar-refractivity contribution < 1.29 is 14.3 Å². The van der Waals surface area contributed by atoms with Crippen molar-refractivity contribution in [1.82, 2.24) is 4.98 Å². The molecule has 0 saturated carbocycles. The van der Waals surface area contributed by atoms with E-state index < -0.39 is 0 Å². The van der Waals surface area contributed by atoms with Crippen molar-refractivity contribution >= 4 is 17.4 Å². The van der Waals surface area contributed by atoms with Crippen molar-refractivity contribution in [3.8, 4) is 5.75 Å². The number of anilines is 1. The van der Waals surface area contributed by atoms with Gasteiger partial charge in [0.2, 0.25) is 0 Å². The van der Waals surface area contributed by atoms with Gasteiger partial charge in [0.25, 0.3) is 5.91 Å². The van der Waals surface area contributed by atoms with Crippen LogP contribution in [0.3, 0.4) is 0 Å². The van der Waals surface area contributed by atoms with Crippen LogP contribution in [0.4, 0.5) is 5.69 Å². The molecular weight excluding hydrogens is 280 g/mol. The van der Waals surface area contributed by atoms with Gasteiger partial charge in [0.15, 0.2) is 5.78 Å². The van der Waals surface area contributed by atoms with Crippen molar-refractivity contribution in [3.63, 3.8) is 0 Å². The highest BCUT2D eigenvalue weighted by Crippen LogP contribution is 2.28. The Hall–Kier alpha value is -2.56. The highest BCUT2D eigenvalue weighted by Gasteiger charge is 2.26. The van der Waals surface area contributed by atoms with E-state index in [0.717, 1.165) is 24.1 Å². The van der Waals surface area contributed by atoms with E-state index in [1.807, 2.05) is 19.1 Å². The van der Waals surface area contributed by atoms with E-state index in [1.165, 1.54) is 0 Å². The van der Waals surface area contributed by atoms with E-state index >= 15 is 0 Å². The number of para-hydroxylation sites is 2. The van der Waals surface area contributed by atoms with Gasteiger partial charge in [-0.2, -0.15) is 0 Å². The summed E-state index contributed by atoms with van der Waals surface area (Å²) in [5.74, 6) is 0.455. The first-order valence-corrected chi connectivity index (χ1v) is 7.31. The number of benzene rings is 1. The molecule has 0 radical (unpaired) electrons. The lowest BCUT2D eigenvalue weighted by molar-refractivity contribution is 0.0971. The maximum Gasteiger partial charge on any atom is 0.272 e. The minimum Gasteiger partial charge on any atom is -0.495 e. The van der Waals surface area contributed by atoms with Crippen LogP contribution in [0.15, 0.2) is 24.3 Å². The number of H-pyrrole nitrogens is 1. The summed E-state index contributed by atoms with van der Waals surface area (Å²) in [6.07, 6.45) is 2.20. The number of carbonyl (C=O) groups excluding carboxylic acids is 2. The van der Waals surface area contributed by atoms with Crippen LogP contribution in [0.1, 0.15) is 44.9 Å². The Kier molecular flexibility index (Phi) is 3.71. The predicted octanol–water partition coefficient (Wildman–Crippen LogP) is 3.10. The Morgan fingerprint density at radius 1 is 1.27 bits per heavy atom. The number of aryl methyl sites for hydroxylation is 1. The molecule has 1 aliphatic carbocycles. The number of aromatic nitrogens is 1. The molecule has 0 fully saturated rings. The number of ether oxygens (including phenoxy) is 1. The number of Topliss-reactive ketones (excluding diaryl/α,β-unsaturated/α-hetero) is 1. The van der Waals surface area contributed by atoms with Gasteiger partial charge in [-0.05, 0) is 37.5 Å². The van der Waals surface area contributed by atoms with Crippen LogP contribution < -0.4 is 10.1 Å². The summed E-state index contributed by atoms with van der Waals surface area (Å²) in [6, 6.07) is 7.23. The van der Waals surface area contributed by atoms with Crippen LogP contribution in [0, 0.1) is 6.92 Å². The SMILES string of the molecule is COc1ccccc1NC(=O)c1[nH]c2c(c1C)C(=O)CCC2. The summed E-state index contributed by atoms with van der Waals surface area (Å²) in [4.78, 5) is 27.7. The van der Waals surface area contributed by atoms with Crippen LogP contribution in [0.25, 0.3) is 0 Å². The number of carbonyl (C=O) groups is 2. The van der Waals surface area contributed by atoms with Crippen LogP contribution in [0.5, 0.6) is 5.75 Å². The van der Waals surface area contributed by atoms with Gasteiger partial charge in [-0.1, -0.05) is 12.1 Å². The first kappa shape index (κ1) is 14.4. The topological polar surface area (TPSA) is 71.2 Å². The molecule has 0 bridgehead atoms. The minimum absolute atomic E-state index is 0.117. The molecule has 5 heteroatoms. The molecule has 22 heavy (non-hydrogen) atoms. The molecule has 3 rings (SSSR count). The summed E-state index contributed by atoms with van der Waals surface area (Å²) in [5.41, 5.74) is 3.35. The zero-order valence-corrected chi connectivity index (χ0v) is 12.7. The molecule has 0 saturated heterocycles. The molecule has 114 valence electrons. The third kappa shape index (κ3) is 2.39. The molecule has 1 aromatic heterocycles. The first-order chi connectivity index (χ1) is 10.6. The fourth-order valence-corrected chi connectivity index (χ4v) is 2.93. The lowest BCUT2D eigenvalue weighted by Gasteiger charge is -2.10. The summed E-state index contributed by atoms with van der Waals surface area (Å²) in [7, 11) is 1.56. The fourth-order valence-electron chi connectivity index (χ4n) is 2.93. The van der Waals surface area contributed by atoms with Gasteiger partial charge in [-0.3, -0.25) is 9.59 Å². The van der Waals surface area contributed by atoms with Crippen molar-refractivity contribution in [2.45, 2.75) is 26.2 Å². The van der Waals surface area contributed by atoms with E-state index in [2.05, 4.69) is 10.3 Å². The van der Waals surface area contributed by atoms with Crippen molar-refractivity contribution in [2.24, 2.45) is 0 Å². The maximum atomic E-state index is 12.5. The average Bonchev–Trinajstić information content (AvgIpc) is 2.86. The van der Waals surface area contributed by atoms with Crippen LogP contribution >= 0.6 is 0 Å². The highest BCUT2D eigenvalue weighted by atomic mass is 16.5. The molecule has 0 atom stereocenters. The summed E-state index contributed by atoms with van der Waals surface area (Å²) >= 11 is 0. The van der Waals surface area contributed by atoms with Crippen LogP contribution in [-0.4, -0.2) is 23.8 Å². The molecule has 5 nitrogen and oxygen atoms in total. The third-order valence-corrected chi connectivity index (χ3v) is 4.02. The van der Waals surface area contributed by atoms with Gasteiger partial charge in [0.1, 0.15) is 11.4 Å². The number of hydrogen-bond donors (Lipinski definition) is 2. The normalized spacial score (nSPS) is 13.6. The minimum atomic E-state index is -0.260. The molecule has 1 amide bonds. The van der Waals surface area contributed by atoms with Crippen molar-refractivity contribution in [2.75, 3.05) is 12.4 Å². The number of nitrogens with one attached hydrogen (secondary N) is 2. The Balaban J connectivity index is 1.92. The molecule has 0 unspecified atom stereocenters. The largest absolute Gasteiger partial charge is 0.495 e. The lowest BCUT2D eigenvalue weighted by atomic mass is 9.94. The second-order valence-corrected chi connectivity index (χ2v) is 5.41. The molecule has 2 aromatic rings. The zero-order chi connectivity index (χ0) is 15.7. The molecule has 0 aliphatic heterocycles. The number of aromatic amines is 1. The lowest BCUT2D eigenvalue weighted by Crippen LogP contribution is -2.14. The van der Waals surface area contributed by atoms with E-state index in [1.54, 1.807) is 19.2 Å². The second-order valence-electron chi connectivity index (χ2n) is 5.41. The average molecular weight is 298 g/mol. The Bertz CT molecular complexity index is 746. The number of fused-ring (bicyclic) bond motifs is 1. The van der Waals surface area contributed by atoms with Crippen molar-refractivity contribution in [3.05, 3.63) is 46.8 Å². The molecule has 1 heterocycles. The fraction of sp³-hybridized carbons (Fsp3) is 0.294. The number of ketones is 1. The quantitative estimate of drug-likeness (QED) is 0.914. The van der Waals surface area contributed by atoms with E-state index in [4.69, 9.17) is 4.74 Å². The molecule has 2 N–H and O–H groups in total. The Morgan fingerprint density at radius 3 is 2.77 bits per heavy atom. The number of amides is 1. The monoisotopic (exact) mass is 298 g/mol. The summed E-state index contributed by atoms with van der Waals surface area (Å²) in [6.45, 7) is 1.82. The predicted molar refractivity (Wildman–Crippen MR) is 83.7 cm³/mol. The smallest absolute Gasteiger partial charge is 0.272 e. The standard InChI is InChI=1S/C17H18N2O3/c1-10-15-12(7-5-8-13(15)20)18-16(10)17(21)19-11-6-3-4-9-14(11)22-2/h3-4,6,9,18H,5,7-8H2,1-2H3,(H,19,21). The van der Waals surface area contributed by atoms with Crippen LogP contribution in [0.2, 0.25) is 0 Å². The van der Waals surface area contributed by atoms with Gasteiger partial charge in [0.05, 0.1) is 12.8 Å². The molecule has 1 aliphatic rings. The summed E-state index contributed by atoms with van der Waals surface area (Å²) in [5, 5.41) is 2.84. The van der Waals surface area contributed by atoms with Crippen molar-refractivity contribution in [1.29, 1.82) is 0 Å². The Labute approximate surface area is 128 Å². The number of hydrogen-bond acceptors (Lipinski definition) is 3. The first-order valence-electron chi connectivity index (χ1n) is 7.31. The summed E-state index contributed by atoms with van der Waals surface area (Å²) < 4.78 is 5.23. The zero-order valence-electron chi connectivity index (χ0n) is 12.7. The molecule has 1 aromatic carbocycles. The number of methoxy groups -OCH3 is 1. The van der Waals surface area contributed by atoms with E-state index in [9.17, 15) is 9.59 Å². The third-order valence-electron chi connectivity index (χ3n) is 4.02. The van der Waals surface area contributed by atoms with Crippen LogP contribution in [-0.2, 0) is 6.42 Å². The highest BCUT2D eigenvalue weighted by molar-refractivity contribution is 6.08. The maximum absolute atomic E-state index is 12.5. The van der Waals surface area contributed by atoms with E-state index in [-0.39, 0.29) is 11.7 Å². The Morgan fingerprint density at radius 2 is 2.05 bits per heavy atom. The molecule has 0 spiro atoms. The van der Waals surface area contributed by atoms with Gasteiger partial charge in [-0.15, -0.1) is 0 Å². The van der Waals surface area contributed by atoms with E-state index in [0.29, 0.717) is 29.1 Å².